The molecule has 62 valence electrons. The maximum Gasteiger partial charge on any atom is 0.223 e. The van der Waals surface area contributed by atoms with Crippen LogP contribution in [-0.4, -0.2) is 17.2 Å². The summed E-state index contributed by atoms with van der Waals surface area (Å²) in [6, 6.07) is 0. The average molecular weight is 259 g/mol. The summed E-state index contributed by atoms with van der Waals surface area (Å²) in [6.45, 7) is 0. The lowest BCUT2D eigenvalue weighted by Crippen LogP contribution is -2.04. The lowest BCUT2D eigenvalue weighted by atomic mass is 10.6. The molecule has 0 fully saturated rings. The van der Waals surface area contributed by atoms with Gasteiger partial charge in [-0.2, -0.15) is 0 Å². The van der Waals surface area contributed by atoms with Gasteiger partial charge < -0.3 is 4.55 Å². The summed E-state index contributed by atoms with van der Waals surface area (Å²) in [5, 5.41) is 0. The Morgan fingerprint density at radius 1 is 1.45 bits per heavy atom. The molecule has 7 heteroatoms. The van der Waals surface area contributed by atoms with Crippen LogP contribution in [0.4, 0.5) is 0 Å². The zero-order valence-corrected chi connectivity index (χ0v) is 8.24. The quantitative estimate of drug-likeness (QED) is 0.704. The van der Waals surface area contributed by atoms with Crippen molar-refractivity contribution in [3.05, 3.63) is 20.2 Å². The van der Waals surface area contributed by atoms with Gasteiger partial charge >= 0.3 is 0 Å². The van der Waals surface area contributed by atoms with E-state index >= 15 is 0 Å². The maximum atomic E-state index is 11.0. The van der Waals surface area contributed by atoms with Gasteiger partial charge in [0.05, 0.1) is 0 Å². The van der Waals surface area contributed by atoms with Crippen molar-refractivity contribution >= 4 is 36.8 Å². The molecule has 1 N–H and O–H groups in total. The first-order valence-corrected chi connectivity index (χ1v) is 5.78. The Hall–Kier alpha value is 0.0200. The van der Waals surface area contributed by atoms with Crippen molar-refractivity contribution in [1.29, 1.82) is 0 Å². The van der Waals surface area contributed by atoms with Crippen LogP contribution in [0.2, 0.25) is 0 Å². The van der Waals surface area contributed by atoms with Gasteiger partial charge in [-0.15, -0.1) is 0 Å². The van der Waals surface area contributed by atoms with Crippen LogP contribution < -0.4 is 0 Å². The molecule has 0 saturated carbocycles. The lowest BCUT2D eigenvalue weighted by molar-refractivity contribution is 0.571. The van der Waals surface area contributed by atoms with Gasteiger partial charge in [-0.25, -0.2) is 12.6 Å². The van der Waals surface area contributed by atoms with Gasteiger partial charge in [-0.3, -0.25) is 0 Å². The molecule has 1 unspecified atom stereocenters. The number of allylic oxidation sites excluding steroid dienone is 2. The van der Waals surface area contributed by atoms with Gasteiger partial charge in [0.15, 0.2) is 15.3 Å². The van der Waals surface area contributed by atoms with Crippen molar-refractivity contribution < 1.29 is 17.2 Å². The highest BCUT2D eigenvalue weighted by atomic mass is 79.9. The highest BCUT2D eigenvalue weighted by Crippen LogP contribution is 2.29. The molecule has 1 rings (SSSR count). The minimum Gasteiger partial charge on any atom is -0.302 e. The minimum absolute atomic E-state index is 0.0811. The van der Waals surface area contributed by atoms with E-state index in [1.165, 1.54) is 6.08 Å². The molecular weight excluding hydrogens is 256 g/mol. The van der Waals surface area contributed by atoms with E-state index in [1.807, 2.05) is 0 Å². The average Bonchev–Trinajstić information content (AvgIpc) is 2.08. The first kappa shape index (κ1) is 9.11. The van der Waals surface area contributed by atoms with Gasteiger partial charge in [0.25, 0.3) is 0 Å². The fraction of sp³-hybridized carbons (Fsp3) is 0. The van der Waals surface area contributed by atoms with E-state index in [4.69, 9.17) is 4.55 Å². The Bertz CT molecular complexity index is 364. The van der Waals surface area contributed by atoms with Crippen LogP contribution in [0, 0.1) is 0 Å². The molecule has 0 amide bonds. The molecule has 0 spiro atoms. The van der Waals surface area contributed by atoms with Gasteiger partial charge in [-0.05, 0) is 28.1 Å². The van der Waals surface area contributed by atoms with Crippen molar-refractivity contribution in [2.24, 2.45) is 0 Å². The van der Waals surface area contributed by atoms with Crippen LogP contribution in [0.3, 0.4) is 0 Å². The third-order valence-corrected chi connectivity index (χ3v) is 5.47. The first-order valence-electron chi connectivity index (χ1n) is 2.39. The molecule has 1 aliphatic rings. The molecule has 0 aromatic rings. The molecular formula is C4H3BrO4S2. The molecule has 0 bridgehead atoms. The largest absolute Gasteiger partial charge is 0.302 e. The van der Waals surface area contributed by atoms with Crippen molar-refractivity contribution in [2.45, 2.75) is 0 Å². The molecule has 0 aromatic carbocycles. The van der Waals surface area contributed by atoms with E-state index in [0.717, 1.165) is 6.08 Å². The smallest absolute Gasteiger partial charge is 0.223 e. The summed E-state index contributed by atoms with van der Waals surface area (Å²) < 4.78 is 40.3. The summed E-state index contributed by atoms with van der Waals surface area (Å²) in [6.07, 6.45) is 2.31. The Kier molecular flexibility index (Phi) is 2.33. The Labute approximate surface area is 74.3 Å². The third kappa shape index (κ3) is 1.46. The fourth-order valence-electron chi connectivity index (χ4n) is 0.561. The first-order chi connectivity index (χ1) is 4.96. The minimum atomic E-state index is -3.68. The van der Waals surface area contributed by atoms with Crippen LogP contribution >= 0.6 is 15.9 Å². The molecule has 0 aliphatic carbocycles. The topological polar surface area (TPSA) is 71.4 Å². The second-order valence-electron chi connectivity index (χ2n) is 1.71. The Morgan fingerprint density at radius 2 is 2.00 bits per heavy atom. The van der Waals surface area contributed by atoms with Gasteiger partial charge in [0, 0.05) is 0 Å². The van der Waals surface area contributed by atoms with E-state index in [1.54, 1.807) is 0 Å². The molecule has 1 aliphatic heterocycles. The molecule has 1 heterocycles. The van der Waals surface area contributed by atoms with Crippen LogP contribution in [0.25, 0.3) is 0 Å². The Balaban J connectivity index is 3.23. The summed E-state index contributed by atoms with van der Waals surface area (Å²) in [5.74, 6) is 0. The van der Waals surface area contributed by atoms with E-state index in [2.05, 4.69) is 15.9 Å². The van der Waals surface area contributed by atoms with E-state index in [-0.39, 0.29) is 3.81 Å². The SMILES string of the molecule is O=S(O)C1=CC=C(Br)S1(=O)=O. The number of sulfone groups is 1. The van der Waals surface area contributed by atoms with E-state index in [9.17, 15) is 12.6 Å². The van der Waals surface area contributed by atoms with Crippen molar-refractivity contribution in [1.82, 2.24) is 0 Å². The molecule has 4 nitrogen and oxygen atoms in total. The summed E-state index contributed by atoms with van der Waals surface area (Å²) in [5.41, 5.74) is 0. The zero-order chi connectivity index (χ0) is 8.65. The normalized spacial score (nSPS) is 24.2. The summed E-state index contributed by atoms with van der Waals surface area (Å²) >= 11 is 0.304. The molecule has 0 aromatic heterocycles. The summed E-state index contributed by atoms with van der Waals surface area (Å²) in [4.78, 5) is 0. The number of hydrogen-bond acceptors (Lipinski definition) is 3. The monoisotopic (exact) mass is 258 g/mol. The van der Waals surface area contributed by atoms with Crippen molar-refractivity contribution in [2.75, 3.05) is 0 Å². The van der Waals surface area contributed by atoms with Crippen LogP contribution in [0.15, 0.2) is 20.2 Å². The Morgan fingerprint density at radius 3 is 2.18 bits per heavy atom. The summed E-state index contributed by atoms with van der Waals surface area (Å²) in [7, 11) is -3.68. The standard InChI is InChI=1S/C4H3BrO4S2/c5-3-1-2-4(10(6)7)11(3,8)9/h1-2H,(H,6,7). The molecule has 11 heavy (non-hydrogen) atoms. The third-order valence-electron chi connectivity index (χ3n) is 1.04. The van der Waals surface area contributed by atoms with Gasteiger partial charge in [0.2, 0.25) is 9.84 Å². The van der Waals surface area contributed by atoms with Crippen molar-refractivity contribution in [3.63, 3.8) is 0 Å². The predicted molar refractivity (Wildman–Crippen MR) is 44.8 cm³/mol. The lowest BCUT2D eigenvalue weighted by Gasteiger charge is -1.95. The van der Waals surface area contributed by atoms with E-state index < -0.39 is 25.2 Å². The maximum absolute atomic E-state index is 11.0. The fourth-order valence-corrected chi connectivity index (χ4v) is 3.43. The van der Waals surface area contributed by atoms with Crippen molar-refractivity contribution in [3.8, 4) is 0 Å². The van der Waals surface area contributed by atoms with Crippen LogP contribution in [0.1, 0.15) is 0 Å². The molecule has 0 saturated heterocycles. The molecule has 0 radical (unpaired) electrons. The van der Waals surface area contributed by atoms with Crippen LogP contribution in [-0.2, 0) is 20.9 Å². The predicted octanol–water partition coefficient (Wildman–Crippen LogP) is 0.714. The number of hydrogen-bond donors (Lipinski definition) is 1. The van der Waals surface area contributed by atoms with Crippen LogP contribution in [0.5, 0.6) is 0 Å². The second kappa shape index (κ2) is 2.81. The highest BCUT2D eigenvalue weighted by Gasteiger charge is 2.29. The number of halogens is 1. The zero-order valence-electron chi connectivity index (χ0n) is 5.02. The second-order valence-corrected chi connectivity index (χ2v) is 6.17. The van der Waals surface area contributed by atoms with Gasteiger partial charge in [0.1, 0.15) is 3.81 Å². The highest BCUT2D eigenvalue weighted by molar-refractivity contribution is 9.13. The molecule has 1 atom stereocenters. The number of rotatable bonds is 1. The van der Waals surface area contributed by atoms with E-state index in [0.29, 0.717) is 0 Å². The van der Waals surface area contributed by atoms with Gasteiger partial charge in [-0.1, -0.05) is 0 Å².